The molecule has 0 aliphatic carbocycles. The van der Waals surface area contributed by atoms with Crippen LogP contribution in [0.15, 0.2) is 122 Å². The standard InChI is InChI=1S/C66H108O6/c1-4-7-10-13-16-19-22-24-26-28-30-31-32-33-34-35-37-38-40-42-44-47-50-53-56-59-65(68)71-62-63(61-70-64(67)58-55-52-49-46-21-18-15-12-9-6-3)72-66(69)60-57-54-51-48-45-43-41-39-36-29-27-25-23-20-17-14-11-8-5-2/h7,10,16-17,19-20,24-27,30-31,33-34,36-39,42,44,63H,4-6,8-9,11-15,18,21-23,28-29,32,35,40-41,43,45-62H2,1-3H3/b10-7-,19-16-,20-17-,26-24-,27-25-,31-30-,34-33-,38-37-,39-36-,44-42-. The van der Waals surface area contributed by atoms with Crippen molar-refractivity contribution >= 4 is 17.9 Å². The Kier molecular flexibility index (Phi) is 55.9. The SMILES string of the molecule is CC/C=C\C/C=C\C/C=C\C/C=C\C/C=C\C/C=C\C/C=C\CCCCCC(=O)OCC(COC(=O)CCCCCCCCCCCC)OC(=O)CCCCCCCC/C=C\C/C=C\C/C=C\CCCCC. The summed E-state index contributed by atoms with van der Waals surface area (Å²) >= 11 is 0. The van der Waals surface area contributed by atoms with E-state index in [0.717, 1.165) is 135 Å². The summed E-state index contributed by atoms with van der Waals surface area (Å²) < 4.78 is 16.8. The topological polar surface area (TPSA) is 78.9 Å². The third kappa shape index (κ3) is 56.7. The van der Waals surface area contributed by atoms with E-state index >= 15 is 0 Å². The molecule has 6 heteroatoms. The van der Waals surface area contributed by atoms with Gasteiger partial charge in [0.2, 0.25) is 0 Å². The van der Waals surface area contributed by atoms with Gasteiger partial charge >= 0.3 is 17.9 Å². The molecular weight excluding hydrogens is 889 g/mol. The zero-order valence-electron chi connectivity index (χ0n) is 46.7. The van der Waals surface area contributed by atoms with Crippen molar-refractivity contribution in [2.75, 3.05) is 13.2 Å². The quantitative estimate of drug-likeness (QED) is 0.0261. The van der Waals surface area contributed by atoms with Crippen LogP contribution < -0.4 is 0 Å². The van der Waals surface area contributed by atoms with Gasteiger partial charge in [-0.1, -0.05) is 245 Å². The number of hydrogen-bond acceptors (Lipinski definition) is 6. The molecule has 6 nitrogen and oxygen atoms in total. The summed E-state index contributed by atoms with van der Waals surface area (Å²) in [5.41, 5.74) is 0. The Labute approximate surface area is 443 Å². The first-order valence-corrected chi connectivity index (χ1v) is 29.5. The minimum atomic E-state index is -0.801. The van der Waals surface area contributed by atoms with Crippen molar-refractivity contribution in [3.05, 3.63) is 122 Å². The Hall–Kier alpha value is -4.19. The van der Waals surface area contributed by atoms with E-state index in [2.05, 4.69) is 142 Å². The van der Waals surface area contributed by atoms with E-state index in [0.29, 0.717) is 19.3 Å². The molecule has 0 aromatic heterocycles. The highest BCUT2D eigenvalue weighted by Gasteiger charge is 2.19. The molecular formula is C66H108O6. The molecule has 408 valence electrons. The molecule has 0 fully saturated rings. The number of carbonyl (C=O) groups is 3. The summed E-state index contributed by atoms with van der Waals surface area (Å²) in [6.07, 6.45) is 81.9. The number of hydrogen-bond donors (Lipinski definition) is 0. The highest BCUT2D eigenvalue weighted by molar-refractivity contribution is 5.71. The van der Waals surface area contributed by atoms with E-state index in [4.69, 9.17) is 14.2 Å². The van der Waals surface area contributed by atoms with Crippen LogP contribution in [-0.4, -0.2) is 37.2 Å². The fraction of sp³-hybridized carbons (Fsp3) is 0.652. The maximum absolute atomic E-state index is 12.9. The van der Waals surface area contributed by atoms with E-state index in [-0.39, 0.29) is 31.1 Å². The lowest BCUT2D eigenvalue weighted by Crippen LogP contribution is -2.30. The van der Waals surface area contributed by atoms with Crippen molar-refractivity contribution in [2.24, 2.45) is 0 Å². The van der Waals surface area contributed by atoms with Crippen molar-refractivity contribution in [3.8, 4) is 0 Å². The predicted octanol–water partition coefficient (Wildman–Crippen LogP) is 20.0. The molecule has 0 N–H and O–H groups in total. The molecule has 0 aromatic carbocycles. The Morgan fingerprint density at radius 3 is 0.889 bits per heavy atom. The number of esters is 3. The van der Waals surface area contributed by atoms with E-state index in [9.17, 15) is 14.4 Å². The first-order valence-electron chi connectivity index (χ1n) is 29.5. The second-order valence-electron chi connectivity index (χ2n) is 19.2. The van der Waals surface area contributed by atoms with Gasteiger partial charge in [-0.2, -0.15) is 0 Å². The van der Waals surface area contributed by atoms with Gasteiger partial charge in [0.1, 0.15) is 13.2 Å². The normalized spacial score (nSPS) is 13.0. The van der Waals surface area contributed by atoms with Gasteiger partial charge in [-0.3, -0.25) is 14.4 Å². The molecule has 1 atom stereocenters. The van der Waals surface area contributed by atoms with Gasteiger partial charge in [-0.15, -0.1) is 0 Å². The summed E-state index contributed by atoms with van der Waals surface area (Å²) in [4.78, 5) is 38.1. The number of ether oxygens (including phenoxy) is 3. The molecule has 0 amide bonds. The highest BCUT2D eigenvalue weighted by atomic mass is 16.6. The van der Waals surface area contributed by atoms with Crippen LogP contribution in [0.4, 0.5) is 0 Å². The minimum absolute atomic E-state index is 0.0954. The van der Waals surface area contributed by atoms with Gasteiger partial charge in [-0.05, 0) is 116 Å². The summed E-state index contributed by atoms with van der Waals surface area (Å²) in [6.45, 7) is 6.44. The molecule has 0 aliphatic heterocycles. The van der Waals surface area contributed by atoms with Crippen LogP contribution in [-0.2, 0) is 28.6 Å². The Morgan fingerprint density at radius 2 is 0.542 bits per heavy atom. The smallest absolute Gasteiger partial charge is 0.306 e. The van der Waals surface area contributed by atoms with Crippen molar-refractivity contribution in [1.29, 1.82) is 0 Å². The maximum Gasteiger partial charge on any atom is 0.306 e. The molecule has 72 heavy (non-hydrogen) atoms. The number of allylic oxidation sites excluding steroid dienone is 20. The van der Waals surface area contributed by atoms with Crippen LogP contribution in [0.1, 0.15) is 258 Å². The van der Waals surface area contributed by atoms with E-state index in [1.165, 1.54) is 83.5 Å². The Bertz CT molecular complexity index is 1520. The monoisotopic (exact) mass is 997 g/mol. The summed E-state index contributed by atoms with van der Waals surface area (Å²) in [5.74, 6) is -0.945. The molecule has 1 unspecified atom stereocenters. The second kappa shape index (κ2) is 59.4. The molecule has 0 bridgehead atoms. The van der Waals surface area contributed by atoms with E-state index in [1.807, 2.05) is 0 Å². The van der Waals surface area contributed by atoms with Crippen LogP contribution in [0.3, 0.4) is 0 Å². The van der Waals surface area contributed by atoms with E-state index in [1.54, 1.807) is 0 Å². The molecule has 0 saturated carbocycles. The van der Waals surface area contributed by atoms with Gasteiger partial charge in [0, 0.05) is 19.3 Å². The van der Waals surface area contributed by atoms with Gasteiger partial charge in [0.25, 0.3) is 0 Å². The Balaban J connectivity index is 4.41. The predicted molar refractivity (Wildman–Crippen MR) is 311 cm³/mol. The summed E-state index contributed by atoms with van der Waals surface area (Å²) in [5, 5.41) is 0. The van der Waals surface area contributed by atoms with Crippen molar-refractivity contribution < 1.29 is 28.6 Å². The molecule has 0 radical (unpaired) electrons. The average molecular weight is 998 g/mol. The maximum atomic E-state index is 12.9. The van der Waals surface area contributed by atoms with Crippen molar-refractivity contribution in [1.82, 2.24) is 0 Å². The fourth-order valence-corrected chi connectivity index (χ4v) is 7.78. The fourth-order valence-electron chi connectivity index (χ4n) is 7.78. The summed E-state index contributed by atoms with van der Waals surface area (Å²) in [7, 11) is 0. The van der Waals surface area contributed by atoms with Gasteiger partial charge in [0.05, 0.1) is 0 Å². The van der Waals surface area contributed by atoms with Crippen LogP contribution in [0.25, 0.3) is 0 Å². The number of unbranched alkanes of at least 4 members (excludes halogenated alkanes) is 21. The Morgan fingerprint density at radius 1 is 0.292 bits per heavy atom. The molecule has 0 heterocycles. The average Bonchev–Trinajstić information content (AvgIpc) is 3.38. The van der Waals surface area contributed by atoms with Crippen LogP contribution in [0.2, 0.25) is 0 Å². The lowest BCUT2D eigenvalue weighted by Gasteiger charge is -2.18. The molecule has 0 rings (SSSR count). The van der Waals surface area contributed by atoms with Crippen LogP contribution in [0, 0.1) is 0 Å². The van der Waals surface area contributed by atoms with Gasteiger partial charge in [0.15, 0.2) is 6.10 Å². The van der Waals surface area contributed by atoms with Gasteiger partial charge in [-0.25, -0.2) is 0 Å². The first kappa shape index (κ1) is 67.8. The molecule has 0 spiro atoms. The molecule has 0 saturated heterocycles. The first-order chi connectivity index (χ1) is 35.5. The minimum Gasteiger partial charge on any atom is -0.462 e. The van der Waals surface area contributed by atoms with Crippen LogP contribution >= 0.6 is 0 Å². The number of carbonyl (C=O) groups excluding carboxylic acids is 3. The third-order valence-corrected chi connectivity index (χ3v) is 12.2. The van der Waals surface area contributed by atoms with Crippen molar-refractivity contribution in [2.45, 2.75) is 264 Å². The largest absolute Gasteiger partial charge is 0.462 e. The third-order valence-electron chi connectivity index (χ3n) is 12.2. The van der Waals surface area contributed by atoms with Crippen LogP contribution in [0.5, 0.6) is 0 Å². The van der Waals surface area contributed by atoms with Crippen molar-refractivity contribution in [3.63, 3.8) is 0 Å². The second-order valence-corrected chi connectivity index (χ2v) is 19.2. The summed E-state index contributed by atoms with van der Waals surface area (Å²) in [6, 6.07) is 0. The highest BCUT2D eigenvalue weighted by Crippen LogP contribution is 2.14. The molecule has 0 aliphatic rings. The lowest BCUT2D eigenvalue weighted by molar-refractivity contribution is -0.167. The zero-order chi connectivity index (χ0) is 52.2. The number of rotatable bonds is 52. The molecule has 0 aromatic rings. The lowest BCUT2D eigenvalue weighted by atomic mass is 10.1. The van der Waals surface area contributed by atoms with Gasteiger partial charge < -0.3 is 14.2 Å². The zero-order valence-corrected chi connectivity index (χ0v) is 46.7. The van der Waals surface area contributed by atoms with E-state index < -0.39 is 6.10 Å².